The van der Waals surface area contributed by atoms with Crippen molar-refractivity contribution in [1.29, 1.82) is 0 Å². The maximum atomic E-state index is 12.4. The first kappa shape index (κ1) is 26.3. The first-order valence-electron chi connectivity index (χ1n) is 11.8. The molecule has 1 atom stereocenters. The maximum Gasteiger partial charge on any atom is 0.410 e. The number of amides is 1. The molecule has 1 aliphatic rings. The highest BCUT2D eigenvalue weighted by molar-refractivity contribution is 5.68. The second-order valence-corrected chi connectivity index (χ2v) is 9.50. The maximum absolute atomic E-state index is 12.4. The van der Waals surface area contributed by atoms with Crippen molar-refractivity contribution in [2.24, 2.45) is 0 Å². The van der Waals surface area contributed by atoms with Crippen molar-refractivity contribution in [2.45, 2.75) is 65.0 Å². The second-order valence-electron chi connectivity index (χ2n) is 9.50. The van der Waals surface area contributed by atoms with Crippen LogP contribution in [-0.2, 0) is 22.7 Å². The van der Waals surface area contributed by atoms with Gasteiger partial charge < -0.3 is 23.8 Å². The molecular formula is C26H34N2O7. The predicted molar refractivity (Wildman–Crippen MR) is 131 cm³/mol. The van der Waals surface area contributed by atoms with Gasteiger partial charge in [-0.05, 0) is 63.4 Å². The minimum Gasteiger partial charge on any atom is -0.490 e. The van der Waals surface area contributed by atoms with Crippen LogP contribution in [0.4, 0.5) is 10.5 Å². The van der Waals surface area contributed by atoms with Gasteiger partial charge in [0.1, 0.15) is 29.8 Å². The molecule has 1 heterocycles. The van der Waals surface area contributed by atoms with Crippen LogP contribution in [0.3, 0.4) is 0 Å². The van der Waals surface area contributed by atoms with Crippen molar-refractivity contribution in [3.8, 4) is 11.5 Å². The Bertz CT molecular complexity index is 1000. The van der Waals surface area contributed by atoms with Gasteiger partial charge in [-0.2, -0.15) is 0 Å². The zero-order valence-electron chi connectivity index (χ0n) is 20.8. The Kier molecular flexibility index (Phi) is 8.92. The average molecular weight is 487 g/mol. The van der Waals surface area contributed by atoms with Crippen LogP contribution in [0.2, 0.25) is 0 Å². The van der Waals surface area contributed by atoms with Gasteiger partial charge in [-0.25, -0.2) is 4.79 Å². The van der Waals surface area contributed by atoms with E-state index in [4.69, 9.17) is 18.9 Å². The summed E-state index contributed by atoms with van der Waals surface area (Å²) in [6.45, 7) is 7.14. The van der Waals surface area contributed by atoms with E-state index in [0.717, 1.165) is 24.8 Å². The van der Waals surface area contributed by atoms with Gasteiger partial charge in [-0.15, -0.1) is 0 Å². The fourth-order valence-corrected chi connectivity index (χ4v) is 3.90. The van der Waals surface area contributed by atoms with E-state index >= 15 is 0 Å². The number of nitro groups is 1. The van der Waals surface area contributed by atoms with Gasteiger partial charge in [0.2, 0.25) is 0 Å². The molecular weight excluding hydrogens is 452 g/mol. The summed E-state index contributed by atoms with van der Waals surface area (Å²) in [4.78, 5) is 25.1. The van der Waals surface area contributed by atoms with Crippen LogP contribution in [0.15, 0.2) is 42.5 Å². The number of rotatable bonds is 8. The van der Waals surface area contributed by atoms with Crippen LogP contribution in [0.5, 0.6) is 11.5 Å². The second kappa shape index (κ2) is 11.9. The summed E-state index contributed by atoms with van der Waals surface area (Å²) in [7, 11) is 1.55. The summed E-state index contributed by atoms with van der Waals surface area (Å²) in [6.07, 6.45) is 2.12. The molecule has 2 aromatic rings. The third kappa shape index (κ3) is 7.85. The molecule has 190 valence electrons. The predicted octanol–water partition coefficient (Wildman–Crippen LogP) is 5.49. The third-order valence-electron chi connectivity index (χ3n) is 5.58. The summed E-state index contributed by atoms with van der Waals surface area (Å²) in [5.74, 6) is 1.29. The molecule has 0 aromatic heterocycles. The molecule has 3 rings (SSSR count). The summed E-state index contributed by atoms with van der Waals surface area (Å²) in [5.41, 5.74) is 0.705. The lowest BCUT2D eigenvalue weighted by atomic mass is 10.1. The number of hydrogen-bond acceptors (Lipinski definition) is 7. The summed E-state index contributed by atoms with van der Waals surface area (Å²) in [5, 5.41) is 11.4. The highest BCUT2D eigenvalue weighted by Gasteiger charge is 2.26. The van der Waals surface area contributed by atoms with E-state index in [-0.39, 0.29) is 31.1 Å². The molecule has 1 amide bonds. The van der Waals surface area contributed by atoms with E-state index < -0.39 is 10.5 Å². The van der Waals surface area contributed by atoms with Crippen molar-refractivity contribution >= 4 is 11.8 Å². The molecule has 0 spiro atoms. The first-order valence-corrected chi connectivity index (χ1v) is 11.8. The van der Waals surface area contributed by atoms with Gasteiger partial charge in [-0.3, -0.25) is 10.1 Å². The Balaban J connectivity index is 1.56. The van der Waals surface area contributed by atoms with Gasteiger partial charge in [-0.1, -0.05) is 12.1 Å². The Morgan fingerprint density at radius 3 is 2.43 bits per heavy atom. The minimum absolute atomic E-state index is 0.00206. The van der Waals surface area contributed by atoms with Gasteiger partial charge in [0.25, 0.3) is 5.69 Å². The zero-order valence-corrected chi connectivity index (χ0v) is 20.8. The molecule has 35 heavy (non-hydrogen) atoms. The van der Waals surface area contributed by atoms with Crippen LogP contribution < -0.4 is 9.47 Å². The molecule has 2 aromatic carbocycles. The van der Waals surface area contributed by atoms with Gasteiger partial charge >= 0.3 is 6.09 Å². The molecule has 0 bridgehead atoms. The number of methoxy groups -OCH3 is 1. The smallest absolute Gasteiger partial charge is 0.410 e. The van der Waals surface area contributed by atoms with Crippen molar-refractivity contribution in [3.05, 3.63) is 63.7 Å². The Hall–Kier alpha value is -3.33. The topological polar surface area (TPSA) is 100 Å². The normalized spacial score (nSPS) is 16.3. The van der Waals surface area contributed by atoms with E-state index in [9.17, 15) is 14.9 Å². The number of carbonyl (C=O) groups excluding carboxylic acids is 1. The SMILES string of the molecule is COCc1cccc([N+](=O)[O-])c1COc1ccc(OC2CCCN(C(=O)OC(C)(C)C)CC2)cc1. The monoisotopic (exact) mass is 486 g/mol. The number of nitro benzene ring substituents is 1. The molecule has 0 saturated carbocycles. The van der Waals surface area contributed by atoms with Gasteiger partial charge in [0, 0.05) is 32.7 Å². The third-order valence-corrected chi connectivity index (χ3v) is 5.58. The van der Waals surface area contributed by atoms with Crippen molar-refractivity contribution in [1.82, 2.24) is 4.90 Å². The number of hydrogen-bond donors (Lipinski definition) is 0. The molecule has 1 unspecified atom stereocenters. The number of ether oxygens (including phenoxy) is 4. The van der Waals surface area contributed by atoms with Crippen LogP contribution in [0, 0.1) is 10.1 Å². The van der Waals surface area contributed by atoms with E-state index in [1.807, 2.05) is 32.9 Å². The van der Waals surface area contributed by atoms with E-state index in [1.165, 1.54) is 6.07 Å². The number of benzene rings is 2. The molecule has 9 nitrogen and oxygen atoms in total. The molecule has 0 aliphatic carbocycles. The highest BCUT2D eigenvalue weighted by Crippen LogP contribution is 2.27. The van der Waals surface area contributed by atoms with Crippen LogP contribution in [-0.4, -0.2) is 47.8 Å². The lowest BCUT2D eigenvalue weighted by Gasteiger charge is -2.26. The summed E-state index contributed by atoms with van der Waals surface area (Å²) >= 11 is 0. The van der Waals surface area contributed by atoms with Crippen molar-refractivity contribution in [3.63, 3.8) is 0 Å². The minimum atomic E-state index is -0.514. The lowest BCUT2D eigenvalue weighted by Crippen LogP contribution is -2.37. The van der Waals surface area contributed by atoms with Crippen LogP contribution in [0.1, 0.15) is 51.2 Å². The molecule has 1 fully saturated rings. The van der Waals surface area contributed by atoms with Gasteiger partial charge in [0.15, 0.2) is 0 Å². The number of likely N-dealkylation sites (tertiary alicyclic amines) is 1. The van der Waals surface area contributed by atoms with Crippen LogP contribution in [0.25, 0.3) is 0 Å². The number of nitrogens with zero attached hydrogens (tertiary/aromatic N) is 2. The van der Waals surface area contributed by atoms with Gasteiger partial charge in [0.05, 0.1) is 17.1 Å². The quantitative estimate of drug-likeness (QED) is 0.359. The lowest BCUT2D eigenvalue weighted by molar-refractivity contribution is -0.385. The average Bonchev–Trinajstić information content (AvgIpc) is 3.04. The molecule has 1 aliphatic heterocycles. The molecule has 0 N–H and O–H groups in total. The van der Waals surface area contributed by atoms with Crippen LogP contribution >= 0.6 is 0 Å². The molecule has 1 saturated heterocycles. The standard InChI is InChI=1S/C26H34N2O7/c1-26(2,3)35-25(29)27-15-6-8-21(14-16-27)34-22-12-10-20(11-13-22)33-18-23-19(17-32-4)7-5-9-24(23)28(30)31/h5,7,9-13,21H,6,8,14-18H2,1-4H3. The van der Waals surface area contributed by atoms with Crippen molar-refractivity contribution in [2.75, 3.05) is 20.2 Å². The summed E-state index contributed by atoms with van der Waals surface area (Å²) in [6, 6.07) is 12.1. The molecule has 0 radical (unpaired) electrons. The fourth-order valence-electron chi connectivity index (χ4n) is 3.90. The molecule has 9 heteroatoms. The summed E-state index contributed by atoms with van der Waals surface area (Å²) < 4.78 is 22.6. The Morgan fingerprint density at radius 1 is 1.06 bits per heavy atom. The largest absolute Gasteiger partial charge is 0.490 e. The first-order chi connectivity index (χ1) is 16.7. The van der Waals surface area contributed by atoms with E-state index in [0.29, 0.717) is 30.2 Å². The van der Waals surface area contributed by atoms with Crippen molar-refractivity contribution < 1.29 is 28.7 Å². The van der Waals surface area contributed by atoms with E-state index in [1.54, 1.807) is 36.3 Å². The van der Waals surface area contributed by atoms with E-state index in [2.05, 4.69) is 0 Å². The Morgan fingerprint density at radius 2 is 1.77 bits per heavy atom. The zero-order chi connectivity index (χ0) is 25.4. The number of carbonyl (C=O) groups is 1. The fraction of sp³-hybridized carbons (Fsp3) is 0.500. The highest BCUT2D eigenvalue weighted by atomic mass is 16.6. The Labute approximate surface area is 206 Å².